The average Bonchev–Trinajstić information content (AvgIpc) is 2.60. The molecule has 2 aromatic rings. The Morgan fingerprint density at radius 1 is 1.17 bits per heavy atom. The van der Waals surface area contributed by atoms with E-state index in [0.29, 0.717) is 30.5 Å². The summed E-state index contributed by atoms with van der Waals surface area (Å²) < 4.78 is 5.13. The number of carbonyl (C=O) groups excluding carboxylic acids is 1. The molecule has 0 aliphatic carbocycles. The first kappa shape index (κ1) is 17.7. The van der Waals surface area contributed by atoms with Gasteiger partial charge in [0.2, 0.25) is 5.95 Å². The maximum atomic E-state index is 12.0. The summed E-state index contributed by atoms with van der Waals surface area (Å²) in [7, 11) is 1.64. The van der Waals surface area contributed by atoms with Gasteiger partial charge in [0, 0.05) is 25.5 Å². The van der Waals surface area contributed by atoms with Gasteiger partial charge in [-0.05, 0) is 30.0 Å². The van der Waals surface area contributed by atoms with Crippen LogP contribution in [0.25, 0.3) is 0 Å². The second-order valence-corrected chi connectivity index (χ2v) is 5.94. The number of rotatable bonds is 8. The summed E-state index contributed by atoms with van der Waals surface area (Å²) in [6.45, 7) is 5.51. The van der Waals surface area contributed by atoms with Gasteiger partial charge < -0.3 is 15.4 Å². The van der Waals surface area contributed by atoms with Gasteiger partial charge in [0.05, 0.1) is 12.7 Å². The van der Waals surface area contributed by atoms with Crippen LogP contribution in [-0.2, 0) is 6.54 Å². The molecule has 0 saturated carbocycles. The van der Waals surface area contributed by atoms with Crippen LogP contribution in [0.5, 0.6) is 5.75 Å². The maximum Gasteiger partial charge on any atom is 0.254 e. The van der Waals surface area contributed by atoms with Gasteiger partial charge in [-0.3, -0.25) is 4.79 Å². The number of carbonyl (C=O) groups is 1. The molecule has 0 aliphatic rings. The third kappa shape index (κ3) is 5.53. The summed E-state index contributed by atoms with van der Waals surface area (Å²) >= 11 is 0. The lowest BCUT2D eigenvalue weighted by Crippen LogP contribution is -2.25. The van der Waals surface area contributed by atoms with E-state index in [1.54, 1.807) is 7.11 Å². The second kappa shape index (κ2) is 8.86. The number of methoxy groups -OCH3 is 1. The molecule has 0 fully saturated rings. The summed E-state index contributed by atoms with van der Waals surface area (Å²) in [4.78, 5) is 20.3. The summed E-state index contributed by atoms with van der Waals surface area (Å²) in [5.74, 6) is 1.73. The fourth-order valence-corrected chi connectivity index (χ4v) is 2.04. The fourth-order valence-electron chi connectivity index (χ4n) is 2.04. The first-order valence-corrected chi connectivity index (χ1v) is 8.05. The van der Waals surface area contributed by atoms with Crippen molar-refractivity contribution in [3.63, 3.8) is 0 Å². The van der Waals surface area contributed by atoms with Crippen LogP contribution in [0.2, 0.25) is 0 Å². The number of aromatic nitrogens is 2. The number of anilines is 1. The van der Waals surface area contributed by atoms with E-state index in [2.05, 4.69) is 34.4 Å². The second-order valence-electron chi connectivity index (χ2n) is 5.94. The molecule has 24 heavy (non-hydrogen) atoms. The first-order chi connectivity index (χ1) is 11.6. The lowest BCUT2D eigenvalue weighted by molar-refractivity contribution is 0.0951. The Balaban J connectivity index is 1.83. The molecule has 1 amide bonds. The zero-order valence-corrected chi connectivity index (χ0v) is 14.4. The highest BCUT2D eigenvalue weighted by Crippen LogP contribution is 2.12. The van der Waals surface area contributed by atoms with Crippen molar-refractivity contribution in [2.75, 3.05) is 19.0 Å². The van der Waals surface area contributed by atoms with Gasteiger partial charge in [0.1, 0.15) is 5.75 Å². The average molecular weight is 328 g/mol. The number of hydrogen-bond donors (Lipinski definition) is 2. The molecule has 0 bridgehead atoms. The van der Waals surface area contributed by atoms with Crippen LogP contribution in [0.1, 0.15) is 36.2 Å². The minimum Gasteiger partial charge on any atom is -0.497 e. The Bertz CT molecular complexity index is 639. The van der Waals surface area contributed by atoms with Crippen LogP contribution in [0.3, 0.4) is 0 Å². The van der Waals surface area contributed by atoms with Gasteiger partial charge in [-0.1, -0.05) is 26.0 Å². The molecule has 0 spiro atoms. The molecule has 128 valence electrons. The summed E-state index contributed by atoms with van der Waals surface area (Å²) in [6.07, 6.45) is 4.02. The Morgan fingerprint density at radius 3 is 2.42 bits per heavy atom. The molecule has 6 heteroatoms. The van der Waals surface area contributed by atoms with Crippen LogP contribution in [-0.4, -0.2) is 29.5 Å². The van der Waals surface area contributed by atoms with Gasteiger partial charge in [0.25, 0.3) is 5.91 Å². The van der Waals surface area contributed by atoms with Crippen LogP contribution >= 0.6 is 0 Å². The minimum absolute atomic E-state index is 0.141. The molecular formula is C18H24N4O2. The van der Waals surface area contributed by atoms with Crippen LogP contribution in [0.4, 0.5) is 5.95 Å². The number of ether oxygens (including phenoxy) is 1. The lowest BCUT2D eigenvalue weighted by Gasteiger charge is -2.08. The number of nitrogens with zero attached hydrogens (tertiary/aromatic N) is 2. The molecule has 2 N–H and O–H groups in total. The molecule has 1 aromatic heterocycles. The molecule has 1 aromatic carbocycles. The normalized spacial score (nSPS) is 10.5. The zero-order valence-electron chi connectivity index (χ0n) is 14.4. The molecular weight excluding hydrogens is 304 g/mol. The van der Waals surface area contributed by atoms with Crippen molar-refractivity contribution in [3.05, 3.63) is 47.8 Å². The number of nitrogens with one attached hydrogen (secondary N) is 2. The molecule has 0 unspecified atom stereocenters. The van der Waals surface area contributed by atoms with Gasteiger partial charge in [-0.25, -0.2) is 9.97 Å². The van der Waals surface area contributed by atoms with Crippen molar-refractivity contribution in [2.24, 2.45) is 5.92 Å². The third-order valence-corrected chi connectivity index (χ3v) is 3.53. The maximum absolute atomic E-state index is 12.0. The first-order valence-electron chi connectivity index (χ1n) is 8.05. The summed E-state index contributed by atoms with van der Waals surface area (Å²) in [5, 5.41) is 6.00. The molecule has 1 heterocycles. The quantitative estimate of drug-likeness (QED) is 0.779. The Kier molecular flexibility index (Phi) is 6.54. The largest absolute Gasteiger partial charge is 0.497 e. The van der Waals surface area contributed by atoms with E-state index in [1.807, 2.05) is 24.3 Å². The van der Waals surface area contributed by atoms with Crippen molar-refractivity contribution in [3.8, 4) is 5.75 Å². The molecule has 0 aliphatic heterocycles. The van der Waals surface area contributed by atoms with Crippen molar-refractivity contribution >= 4 is 11.9 Å². The van der Waals surface area contributed by atoms with Crippen molar-refractivity contribution in [1.29, 1.82) is 0 Å². The van der Waals surface area contributed by atoms with Crippen LogP contribution in [0, 0.1) is 5.92 Å². The Hall–Kier alpha value is -2.63. The Labute approximate surface area is 142 Å². The predicted molar refractivity (Wildman–Crippen MR) is 94.1 cm³/mol. The van der Waals surface area contributed by atoms with Crippen molar-refractivity contribution in [2.45, 2.75) is 26.8 Å². The number of benzene rings is 1. The van der Waals surface area contributed by atoms with Crippen molar-refractivity contribution < 1.29 is 9.53 Å². The topological polar surface area (TPSA) is 76.1 Å². The standard InChI is InChI=1S/C18H24N4O2/c1-13(2)8-9-19-17(23)15-11-21-18(22-12-15)20-10-14-4-6-16(24-3)7-5-14/h4-7,11-13H,8-10H2,1-3H3,(H,19,23)(H,20,21,22). The molecule has 0 radical (unpaired) electrons. The van der Waals surface area contributed by atoms with Crippen molar-refractivity contribution in [1.82, 2.24) is 15.3 Å². The van der Waals surface area contributed by atoms with Gasteiger partial charge in [-0.2, -0.15) is 0 Å². The van der Waals surface area contributed by atoms with E-state index in [1.165, 1.54) is 12.4 Å². The molecule has 6 nitrogen and oxygen atoms in total. The van der Waals surface area contributed by atoms with Crippen LogP contribution < -0.4 is 15.4 Å². The van der Waals surface area contributed by atoms with E-state index < -0.39 is 0 Å². The predicted octanol–water partition coefficient (Wildman–Crippen LogP) is 2.87. The van der Waals surface area contributed by atoms with E-state index in [9.17, 15) is 4.79 Å². The minimum atomic E-state index is -0.141. The van der Waals surface area contributed by atoms with E-state index in [0.717, 1.165) is 17.7 Å². The fraction of sp³-hybridized carbons (Fsp3) is 0.389. The summed E-state index contributed by atoms with van der Waals surface area (Å²) in [6, 6.07) is 7.76. The smallest absolute Gasteiger partial charge is 0.254 e. The molecule has 0 saturated heterocycles. The van der Waals surface area contributed by atoms with E-state index in [4.69, 9.17) is 4.74 Å². The monoisotopic (exact) mass is 328 g/mol. The molecule has 0 atom stereocenters. The van der Waals surface area contributed by atoms with Gasteiger partial charge in [-0.15, -0.1) is 0 Å². The highest BCUT2D eigenvalue weighted by atomic mass is 16.5. The number of amides is 1. The highest BCUT2D eigenvalue weighted by molar-refractivity contribution is 5.93. The lowest BCUT2D eigenvalue weighted by atomic mass is 10.1. The Morgan fingerprint density at radius 2 is 1.83 bits per heavy atom. The van der Waals surface area contributed by atoms with Gasteiger partial charge >= 0.3 is 0 Å². The van der Waals surface area contributed by atoms with E-state index in [-0.39, 0.29) is 5.91 Å². The molecule has 2 rings (SSSR count). The zero-order chi connectivity index (χ0) is 17.4. The third-order valence-electron chi connectivity index (χ3n) is 3.53. The SMILES string of the molecule is COc1ccc(CNc2ncc(C(=O)NCCC(C)C)cn2)cc1. The number of hydrogen-bond acceptors (Lipinski definition) is 5. The van der Waals surface area contributed by atoms with Gasteiger partial charge in [0.15, 0.2) is 0 Å². The summed E-state index contributed by atoms with van der Waals surface area (Å²) in [5.41, 5.74) is 1.56. The van der Waals surface area contributed by atoms with E-state index >= 15 is 0 Å². The van der Waals surface area contributed by atoms with Crippen LogP contribution in [0.15, 0.2) is 36.7 Å². The highest BCUT2D eigenvalue weighted by Gasteiger charge is 2.07.